The summed E-state index contributed by atoms with van der Waals surface area (Å²) in [6.45, 7) is 2.03. The molecule has 0 radical (unpaired) electrons. The summed E-state index contributed by atoms with van der Waals surface area (Å²) < 4.78 is 4.97. The van der Waals surface area contributed by atoms with Crippen molar-refractivity contribution in [3.05, 3.63) is 71.8 Å². The lowest BCUT2D eigenvalue weighted by atomic mass is 9.63. The molecule has 3 fully saturated rings. The van der Waals surface area contributed by atoms with Crippen molar-refractivity contribution in [2.75, 3.05) is 16.8 Å². The largest absolute Gasteiger partial charge is 0.462 e. The fourth-order valence-electron chi connectivity index (χ4n) is 6.11. The summed E-state index contributed by atoms with van der Waals surface area (Å²) in [4.78, 5) is 52.7. The zero-order valence-electron chi connectivity index (χ0n) is 18.6. The molecular formula is C27H24N2O5. The summed E-state index contributed by atoms with van der Waals surface area (Å²) in [6, 6.07) is 13.0. The van der Waals surface area contributed by atoms with Gasteiger partial charge in [0, 0.05) is 11.3 Å². The summed E-state index contributed by atoms with van der Waals surface area (Å²) in [5.74, 6) is -0.238. The Bertz CT molecular complexity index is 1210. The Kier molecular flexibility index (Phi) is 4.69. The average Bonchev–Trinajstić information content (AvgIpc) is 3.63. The van der Waals surface area contributed by atoms with Crippen LogP contribution in [0.2, 0.25) is 0 Å². The third-order valence-electron chi connectivity index (χ3n) is 7.68. The Morgan fingerprint density at radius 1 is 0.941 bits per heavy atom. The molecule has 2 aromatic rings. The second-order valence-corrected chi connectivity index (χ2v) is 9.47. The van der Waals surface area contributed by atoms with Gasteiger partial charge in [-0.15, -0.1) is 0 Å². The highest BCUT2D eigenvalue weighted by atomic mass is 16.5. The fraction of sp³-hybridized carbons (Fsp3) is 0.333. The number of nitrogens with one attached hydrogen (secondary N) is 1. The van der Waals surface area contributed by atoms with E-state index >= 15 is 0 Å². The van der Waals surface area contributed by atoms with Crippen molar-refractivity contribution < 1.29 is 23.9 Å². The number of allylic oxidation sites excluding steroid dienone is 2. The number of anilines is 2. The molecule has 7 nitrogen and oxygen atoms in total. The zero-order valence-corrected chi connectivity index (χ0v) is 18.6. The van der Waals surface area contributed by atoms with Gasteiger partial charge in [0.25, 0.3) is 5.91 Å². The predicted molar refractivity (Wildman–Crippen MR) is 124 cm³/mol. The van der Waals surface area contributed by atoms with E-state index in [0.29, 0.717) is 34.3 Å². The molecule has 1 N–H and O–H groups in total. The molecule has 0 spiro atoms. The Morgan fingerprint density at radius 3 is 2.21 bits per heavy atom. The van der Waals surface area contributed by atoms with Crippen LogP contribution in [0.25, 0.3) is 0 Å². The van der Waals surface area contributed by atoms with E-state index in [1.54, 1.807) is 55.5 Å². The van der Waals surface area contributed by atoms with E-state index in [-0.39, 0.29) is 48.0 Å². The molecule has 1 aliphatic heterocycles. The molecule has 2 bridgehead atoms. The SMILES string of the molecule is CCOC(=O)c1ccc(NC(=O)c2cccc(N3C(=O)[C@@H]4[C@H]5C=C[C@@H]([C@@H]6C[C@@H]56)[C@@H]4C3=O)c2)cc1. The number of rotatable bonds is 5. The smallest absolute Gasteiger partial charge is 0.338 e. The summed E-state index contributed by atoms with van der Waals surface area (Å²) in [5.41, 5.74) is 1.69. The number of hydrogen-bond donors (Lipinski definition) is 1. The zero-order chi connectivity index (χ0) is 23.6. The van der Waals surface area contributed by atoms with Crippen molar-refractivity contribution in [2.45, 2.75) is 13.3 Å². The molecule has 2 aromatic carbocycles. The van der Waals surface area contributed by atoms with E-state index in [1.165, 1.54) is 4.90 Å². The summed E-state index contributed by atoms with van der Waals surface area (Å²) in [7, 11) is 0. The summed E-state index contributed by atoms with van der Waals surface area (Å²) in [5, 5.41) is 2.79. The van der Waals surface area contributed by atoms with E-state index in [9.17, 15) is 19.2 Å². The van der Waals surface area contributed by atoms with Crippen LogP contribution in [0.1, 0.15) is 34.1 Å². The van der Waals surface area contributed by atoms with Gasteiger partial charge in [-0.1, -0.05) is 18.2 Å². The monoisotopic (exact) mass is 456 g/mol. The van der Waals surface area contributed by atoms with E-state index in [2.05, 4.69) is 17.5 Å². The molecule has 6 atom stereocenters. The van der Waals surface area contributed by atoms with Gasteiger partial charge in [-0.25, -0.2) is 9.69 Å². The van der Waals surface area contributed by atoms with Gasteiger partial charge in [0.2, 0.25) is 11.8 Å². The van der Waals surface area contributed by atoms with Crippen molar-refractivity contribution in [3.63, 3.8) is 0 Å². The molecule has 4 aliphatic carbocycles. The first-order valence-corrected chi connectivity index (χ1v) is 11.7. The van der Waals surface area contributed by atoms with Crippen LogP contribution in [0.4, 0.5) is 11.4 Å². The highest BCUT2D eigenvalue weighted by Crippen LogP contribution is 2.65. The van der Waals surface area contributed by atoms with Crippen molar-refractivity contribution in [3.8, 4) is 0 Å². The van der Waals surface area contributed by atoms with E-state index in [1.807, 2.05) is 0 Å². The van der Waals surface area contributed by atoms with Crippen LogP contribution in [-0.4, -0.2) is 30.3 Å². The van der Waals surface area contributed by atoms with Crippen LogP contribution >= 0.6 is 0 Å². The number of hydrogen-bond acceptors (Lipinski definition) is 5. The molecule has 5 aliphatic rings. The van der Waals surface area contributed by atoms with Gasteiger partial charge in [-0.3, -0.25) is 14.4 Å². The van der Waals surface area contributed by atoms with Gasteiger partial charge >= 0.3 is 5.97 Å². The van der Waals surface area contributed by atoms with E-state index in [4.69, 9.17) is 4.74 Å². The lowest BCUT2D eigenvalue weighted by Crippen LogP contribution is -2.40. The van der Waals surface area contributed by atoms with Gasteiger partial charge in [0.15, 0.2) is 0 Å². The standard InChI is InChI=1S/C27H24N2O5/c1-2-34-27(33)14-6-8-16(9-7-14)28-24(30)15-4-3-5-17(12-15)29-25(31)22-18-10-11-19(21-13-20(18)21)23(22)26(29)32/h3-12,18-23H,2,13H2,1H3,(H,28,30)/t18-,19-,20-,21-,22-,23+/m0/s1. The second-order valence-electron chi connectivity index (χ2n) is 9.47. The number of carbonyl (C=O) groups excluding carboxylic acids is 4. The highest BCUT2D eigenvalue weighted by molar-refractivity contribution is 6.23. The maximum absolute atomic E-state index is 13.3. The molecule has 2 saturated carbocycles. The Morgan fingerprint density at radius 2 is 1.59 bits per heavy atom. The number of benzene rings is 2. The first-order chi connectivity index (χ1) is 16.5. The molecule has 34 heavy (non-hydrogen) atoms. The number of nitrogens with zero attached hydrogens (tertiary/aromatic N) is 1. The lowest BCUT2D eigenvalue weighted by Gasteiger charge is -2.37. The van der Waals surface area contributed by atoms with Gasteiger partial charge in [-0.2, -0.15) is 0 Å². The summed E-state index contributed by atoms with van der Waals surface area (Å²) >= 11 is 0. The van der Waals surface area contributed by atoms with Crippen molar-refractivity contribution in [2.24, 2.45) is 35.5 Å². The maximum atomic E-state index is 13.3. The molecule has 0 unspecified atom stereocenters. The molecule has 1 heterocycles. The molecular weight excluding hydrogens is 432 g/mol. The quantitative estimate of drug-likeness (QED) is 0.421. The topological polar surface area (TPSA) is 92.8 Å². The lowest BCUT2D eigenvalue weighted by molar-refractivity contribution is -0.124. The van der Waals surface area contributed by atoms with E-state index in [0.717, 1.165) is 6.42 Å². The first kappa shape index (κ1) is 20.8. The number of ether oxygens (including phenoxy) is 1. The van der Waals surface area contributed by atoms with Gasteiger partial charge in [-0.05, 0) is 79.5 Å². The first-order valence-electron chi connectivity index (χ1n) is 11.7. The van der Waals surface area contributed by atoms with Gasteiger partial charge in [0.05, 0.1) is 29.7 Å². The van der Waals surface area contributed by atoms with Crippen molar-refractivity contribution >= 4 is 35.1 Å². The highest BCUT2D eigenvalue weighted by Gasteiger charge is 2.67. The minimum Gasteiger partial charge on any atom is -0.462 e. The van der Waals surface area contributed by atoms with Crippen LogP contribution in [0.15, 0.2) is 60.7 Å². The fourth-order valence-corrected chi connectivity index (χ4v) is 6.11. The predicted octanol–water partition coefficient (Wildman–Crippen LogP) is 3.67. The van der Waals surface area contributed by atoms with Crippen LogP contribution < -0.4 is 10.2 Å². The third kappa shape index (κ3) is 3.10. The Balaban J connectivity index is 1.20. The van der Waals surface area contributed by atoms with Crippen LogP contribution in [0.5, 0.6) is 0 Å². The normalized spacial score (nSPS) is 30.1. The molecule has 0 aromatic heterocycles. The minimum atomic E-state index is -0.422. The minimum absolute atomic E-state index is 0.146. The van der Waals surface area contributed by atoms with Gasteiger partial charge in [0.1, 0.15) is 0 Å². The average molecular weight is 456 g/mol. The number of imide groups is 1. The molecule has 172 valence electrons. The molecule has 3 amide bonds. The van der Waals surface area contributed by atoms with Crippen LogP contribution in [0.3, 0.4) is 0 Å². The number of esters is 1. The molecule has 7 heteroatoms. The summed E-state index contributed by atoms with van der Waals surface area (Å²) in [6.07, 6.45) is 5.41. The third-order valence-corrected chi connectivity index (χ3v) is 7.68. The second kappa shape index (κ2) is 7.65. The number of amides is 3. The molecule has 7 rings (SSSR count). The molecule has 1 saturated heterocycles. The van der Waals surface area contributed by atoms with Crippen LogP contribution in [-0.2, 0) is 14.3 Å². The van der Waals surface area contributed by atoms with Gasteiger partial charge < -0.3 is 10.1 Å². The maximum Gasteiger partial charge on any atom is 0.338 e. The van der Waals surface area contributed by atoms with Crippen LogP contribution in [0, 0.1) is 35.5 Å². The Hall–Kier alpha value is -3.74. The van der Waals surface area contributed by atoms with Crippen molar-refractivity contribution in [1.82, 2.24) is 0 Å². The van der Waals surface area contributed by atoms with E-state index < -0.39 is 5.97 Å². The van der Waals surface area contributed by atoms with Crippen molar-refractivity contribution in [1.29, 1.82) is 0 Å². The Labute approximate surface area is 196 Å². The number of carbonyl (C=O) groups is 4.